The van der Waals surface area contributed by atoms with E-state index in [2.05, 4.69) is 20.8 Å². The van der Waals surface area contributed by atoms with Gasteiger partial charge in [-0.25, -0.2) is 0 Å². The number of allylic oxidation sites excluding steroid dienone is 2. The highest BCUT2D eigenvalue weighted by Crippen LogP contribution is 2.53. The van der Waals surface area contributed by atoms with Crippen LogP contribution in [0.5, 0.6) is 11.5 Å². The molecular weight excluding hydrogens is 504 g/mol. The normalized spacial score (nSPS) is 29.7. The summed E-state index contributed by atoms with van der Waals surface area (Å²) in [6, 6.07) is 13.8. The molecule has 3 aliphatic rings. The maximum atomic E-state index is 13.8. The highest BCUT2D eigenvalue weighted by Gasteiger charge is 2.54. The van der Waals surface area contributed by atoms with Crippen molar-refractivity contribution in [2.24, 2.45) is 17.3 Å². The Bertz CT molecular complexity index is 1330. The smallest absolute Gasteiger partial charge is 0.212 e. The second-order valence-corrected chi connectivity index (χ2v) is 12.4. The van der Waals surface area contributed by atoms with Crippen LogP contribution in [0.15, 0.2) is 77.6 Å². The summed E-state index contributed by atoms with van der Waals surface area (Å²) >= 11 is 0. The number of carbonyl (C=O) groups excluding carboxylic acids is 1. The molecule has 212 valence electrons. The summed E-state index contributed by atoms with van der Waals surface area (Å²) in [5.74, 6) is 0.521. The van der Waals surface area contributed by atoms with Crippen LogP contribution < -0.4 is 0 Å². The lowest BCUT2D eigenvalue weighted by Crippen LogP contribution is -2.55. The monoisotopic (exact) mass is 544 g/mol. The summed E-state index contributed by atoms with van der Waals surface area (Å²) in [5, 5.41) is 29.8. The van der Waals surface area contributed by atoms with Crippen molar-refractivity contribution >= 4 is 11.9 Å². The van der Waals surface area contributed by atoms with Gasteiger partial charge in [-0.05, 0) is 78.6 Å². The van der Waals surface area contributed by atoms with Crippen molar-refractivity contribution < 1.29 is 29.6 Å². The maximum absolute atomic E-state index is 13.8. The highest BCUT2D eigenvalue weighted by molar-refractivity contribution is 5.98. The van der Waals surface area contributed by atoms with Crippen molar-refractivity contribution in [3.63, 3.8) is 0 Å². The first kappa shape index (κ1) is 28.2. The van der Waals surface area contributed by atoms with Gasteiger partial charge in [-0.2, -0.15) is 0 Å². The summed E-state index contributed by atoms with van der Waals surface area (Å²) in [6.07, 6.45) is 7.97. The number of aliphatic hydroxyl groups is 1. The van der Waals surface area contributed by atoms with E-state index in [1.54, 1.807) is 24.3 Å². The Kier molecular flexibility index (Phi) is 7.68. The summed E-state index contributed by atoms with van der Waals surface area (Å²) < 4.78 is 13.5. The van der Waals surface area contributed by atoms with Gasteiger partial charge >= 0.3 is 0 Å². The average molecular weight is 545 g/mol. The van der Waals surface area contributed by atoms with E-state index in [0.29, 0.717) is 43.4 Å². The van der Waals surface area contributed by atoms with E-state index in [0.717, 1.165) is 16.7 Å². The molecule has 2 aliphatic heterocycles. The minimum atomic E-state index is -0.890. The number of ether oxygens (including phenoxy) is 2. The van der Waals surface area contributed by atoms with E-state index >= 15 is 0 Å². The van der Waals surface area contributed by atoms with E-state index < -0.39 is 17.3 Å². The van der Waals surface area contributed by atoms with Crippen LogP contribution in [-0.2, 0) is 20.7 Å². The van der Waals surface area contributed by atoms with Crippen molar-refractivity contribution in [3.05, 3.63) is 88.7 Å². The zero-order valence-electron chi connectivity index (χ0n) is 23.8. The molecule has 1 aliphatic carbocycles. The molecule has 0 aromatic heterocycles. The topological polar surface area (TPSA) is 96.2 Å². The number of aliphatic hydroxyl groups excluding tert-OH is 1. The number of Topliss-reactive ketones (excluding diaryl/α,β-unsaturated/α-hetero) is 1. The number of aromatic hydroxyl groups is 2. The first-order chi connectivity index (χ1) is 18.9. The average Bonchev–Trinajstić information content (AvgIpc) is 2.88. The summed E-state index contributed by atoms with van der Waals surface area (Å²) in [6.45, 7) is 8.32. The molecule has 0 radical (unpaired) electrons. The number of ketones is 1. The summed E-state index contributed by atoms with van der Waals surface area (Å²) in [7, 11) is 0. The minimum absolute atomic E-state index is 0.0246. The molecule has 2 aromatic rings. The second kappa shape index (κ2) is 10.9. The van der Waals surface area contributed by atoms with Gasteiger partial charge in [0.25, 0.3) is 0 Å². The Balaban J connectivity index is 1.49. The molecule has 6 nitrogen and oxygen atoms in total. The molecule has 1 saturated heterocycles. The fourth-order valence-electron chi connectivity index (χ4n) is 6.68. The van der Waals surface area contributed by atoms with E-state index in [4.69, 9.17) is 9.47 Å². The highest BCUT2D eigenvalue weighted by atomic mass is 16.7. The summed E-state index contributed by atoms with van der Waals surface area (Å²) in [5.41, 5.74) is 2.92. The van der Waals surface area contributed by atoms with Crippen molar-refractivity contribution in [3.8, 4) is 11.5 Å². The SMILES string of the molecule is CC1=CC2OC3(CC(C)C2CC1O)CC(C)(C)C(C(=O)CCc1ccc(O)cc1)=C(C=Cc1ccc(O)cc1)O3. The molecule has 40 heavy (non-hydrogen) atoms. The third-order valence-corrected chi connectivity index (χ3v) is 8.69. The number of phenolic OH excluding ortho intramolecular Hbond substituents is 2. The number of hydrogen-bond acceptors (Lipinski definition) is 6. The fourth-order valence-corrected chi connectivity index (χ4v) is 6.68. The second-order valence-electron chi connectivity index (χ2n) is 12.4. The van der Waals surface area contributed by atoms with Crippen molar-refractivity contribution in [2.45, 2.75) is 77.8 Å². The van der Waals surface area contributed by atoms with Crippen molar-refractivity contribution in [1.82, 2.24) is 0 Å². The largest absolute Gasteiger partial charge is 0.508 e. The number of aryl methyl sites for hydroxylation is 1. The first-order valence-electron chi connectivity index (χ1n) is 14.2. The zero-order valence-corrected chi connectivity index (χ0v) is 23.8. The van der Waals surface area contributed by atoms with Crippen LogP contribution in [0.25, 0.3) is 6.08 Å². The van der Waals surface area contributed by atoms with Gasteiger partial charge in [0.2, 0.25) is 5.79 Å². The lowest BCUT2D eigenvalue weighted by Gasteiger charge is -2.53. The van der Waals surface area contributed by atoms with E-state index in [-0.39, 0.29) is 35.2 Å². The van der Waals surface area contributed by atoms with Crippen molar-refractivity contribution in [2.75, 3.05) is 0 Å². The number of carbonyl (C=O) groups is 1. The van der Waals surface area contributed by atoms with Crippen LogP contribution in [0.3, 0.4) is 0 Å². The molecule has 2 heterocycles. The molecule has 0 saturated carbocycles. The van der Waals surface area contributed by atoms with Gasteiger partial charge in [-0.15, -0.1) is 0 Å². The molecule has 3 N–H and O–H groups in total. The van der Waals surface area contributed by atoms with E-state index in [9.17, 15) is 20.1 Å². The van der Waals surface area contributed by atoms with Crippen LogP contribution in [0, 0.1) is 17.3 Å². The fraction of sp³-hybridized carbons (Fsp3) is 0.441. The number of phenols is 2. The molecule has 1 spiro atoms. The number of fused-ring (bicyclic) bond motifs is 1. The quantitative estimate of drug-likeness (QED) is 0.361. The molecule has 6 heteroatoms. The van der Waals surface area contributed by atoms with Gasteiger partial charge in [0.15, 0.2) is 5.78 Å². The van der Waals surface area contributed by atoms with Gasteiger partial charge in [0.1, 0.15) is 17.3 Å². The van der Waals surface area contributed by atoms with Gasteiger partial charge in [0.05, 0.1) is 12.2 Å². The lowest BCUT2D eigenvalue weighted by molar-refractivity contribution is -0.296. The molecule has 5 rings (SSSR count). The summed E-state index contributed by atoms with van der Waals surface area (Å²) in [4.78, 5) is 13.8. The van der Waals surface area contributed by atoms with E-state index in [1.807, 2.05) is 49.4 Å². The third kappa shape index (κ3) is 5.89. The van der Waals surface area contributed by atoms with Gasteiger partial charge in [-0.1, -0.05) is 57.2 Å². The van der Waals surface area contributed by atoms with Gasteiger partial charge in [0, 0.05) is 30.3 Å². The number of rotatable bonds is 6. The Morgan fingerprint density at radius 3 is 2.35 bits per heavy atom. The molecule has 2 aromatic carbocycles. The number of benzene rings is 2. The van der Waals surface area contributed by atoms with Crippen LogP contribution >= 0.6 is 0 Å². The standard InChI is InChI=1S/C34H40O6/c1-21-17-31-27(18-29(21)38)22(2)19-34(40-31)20-33(3,4)32(28(37)15-9-23-5-11-25(35)12-6-23)30(39-34)16-10-24-7-13-26(36)14-8-24/h5-8,10-14,16-17,22,27,29,31,35-36,38H,9,15,18-20H2,1-4H3. The van der Waals surface area contributed by atoms with Crippen molar-refractivity contribution in [1.29, 1.82) is 0 Å². The van der Waals surface area contributed by atoms with Crippen LogP contribution in [0.4, 0.5) is 0 Å². The molecule has 0 amide bonds. The third-order valence-electron chi connectivity index (χ3n) is 8.69. The van der Waals surface area contributed by atoms with Crippen LogP contribution in [-0.4, -0.2) is 39.1 Å². The predicted octanol–water partition coefficient (Wildman–Crippen LogP) is 6.46. The predicted molar refractivity (Wildman–Crippen MR) is 154 cm³/mol. The zero-order chi connectivity index (χ0) is 28.7. The van der Waals surface area contributed by atoms with Gasteiger partial charge in [-0.3, -0.25) is 4.79 Å². The van der Waals surface area contributed by atoms with Crippen LogP contribution in [0.1, 0.15) is 64.5 Å². The Hall–Kier alpha value is -3.35. The molecule has 5 atom stereocenters. The maximum Gasteiger partial charge on any atom is 0.212 e. The number of hydrogen-bond donors (Lipinski definition) is 3. The first-order valence-corrected chi connectivity index (χ1v) is 14.2. The van der Waals surface area contributed by atoms with Gasteiger partial charge < -0.3 is 24.8 Å². The molecular formula is C34H40O6. The lowest BCUT2D eigenvalue weighted by atomic mass is 9.68. The molecule has 1 fully saturated rings. The Morgan fingerprint density at radius 2 is 1.68 bits per heavy atom. The Morgan fingerprint density at radius 1 is 1.02 bits per heavy atom. The van der Waals surface area contributed by atoms with E-state index in [1.165, 1.54) is 0 Å². The minimum Gasteiger partial charge on any atom is -0.508 e. The van der Waals surface area contributed by atoms with Crippen LogP contribution in [0.2, 0.25) is 0 Å². The molecule has 5 unspecified atom stereocenters. The Labute approximate surface area is 236 Å². The molecule has 0 bridgehead atoms.